The summed E-state index contributed by atoms with van der Waals surface area (Å²) in [5.74, 6) is 1.87. The molecule has 0 spiro atoms. The van der Waals surface area contributed by atoms with Crippen molar-refractivity contribution in [3.05, 3.63) is 58.4 Å². The summed E-state index contributed by atoms with van der Waals surface area (Å²) in [6, 6.07) is 12.4. The maximum atomic E-state index is 6.13. The first kappa shape index (κ1) is 15.6. The quantitative estimate of drug-likeness (QED) is 0.671. The van der Waals surface area contributed by atoms with Gasteiger partial charge in [0.05, 0.1) is 17.7 Å². The third-order valence-electron chi connectivity index (χ3n) is 3.05. The first-order valence-electron chi connectivity index (χ1n) is 6.71. The number of ether oxygens (including phenoxy) is 2. The van der Waals surface area contributed by atoms with E-state index in [2.05, 4.69) is 10.2 Å². The lowest BCUT2D eigenvalue weighted by atomic mass is 10.2. The van der Waals surface area contributed by atoms with Gasteiger partial charge >= 0.3 is 0 Å². The van der Waals surface area contributed by atoms with E-state index in [1.54, 1.807) is 31.4 Å². The molecule has 3 aromatic rings. The lowest BCUT2D eigenvalue weighted by Gasteiger charge is -2.08. The molecule has 23 heavy (non-hydrogen) atoms. The Balaban J connectivity index is 1.75. The molecule has 3 rings (SSSR count). The largest absolute Gasteiger partial charge is 0.493 e. The van der Waals surface area contributed by atoms with Gasteiger partial charge in [-0.15, -0.1) is 10.2 Å². The molecule has 0 aliphatic carbocycles. The van der Waals surface area contributed by atoms with Crippen LogP contribution in [0, 0.1) is 0 Å². The van der Waals surface area contributed by atoms with Gasteiger partial charge in [0.1, 0.15) is 0 Å². The second-order valence-electron chi connectivity index (χ2n) is 4.56. The molecular formula is C16H12Cl2N2O3. The minimum Gasteiger partial charge on any atom is -0.493 e. The van der Waals surface area contributed by atoms with Gasteiger partial charge in [-0.05, 0) is 30.3 Å². The van der Waals surface area contributed by atoms with Gasteiger partial charge < -0.3 is 13.9 Å². The molecule has 0 amide bonds. The van der Waals surface area contributed by atoms with E-state index >= 15 is 0 Å². The summed E-state index contributed by atoms with van der Waals surface area (Å²) in [6.07, 6.45) is 0. The molecule has 0 fully saturated rings. The Hall–Kier alpha value is -2.24. The van der Waals surface area contributed by atoms with Crippen molar-refractivity contribution in [2.45, 2.75) is 6.61 Å². The Morgan fingerprint density at radius 2 is 1.83 bits per heavy atom. The van der Waals surface area contributed by atoms with E-state index in [9.17, 15) is 0 Å². The van der Waals surface area contributed by atoms with Crippen LogP contribution >= 0.6 is 23.2 Å². The highest BCUT2D eigenvalue weighted by Gasteiger charge is 2.13. The normalized spacial score (nSPS) is 10.6. The molecule has 7 heteroatoms. The lowest BCUT2D eigenvalue weighted by Crippen LogP contribution is -1.97. The summed E-state index contributed by atoms with van der Waals surface area (Å²) in [4.78, 5) is 0. The first-order valence-corrected chi connectivity index (χ1v) is 7.46. The van der Waals surface area contributed by atoms with E-state index in [0.717, 1.165) is 0 Å². The predicted octanol–water partition coefficient (Wildman–Crippen LogP) is 4.63. The highest BCUT2D eigenvalue weighted by Crippen LogP contribution is 2.30. The zero-order valence-electron chi connectivity index (χ0n) is 12.1. The van der Waals surface area contributed by atoms with Crippen molar-refractivity contribution in [1.82, 2.24) is 10.2 Å². The number of benzene rings is 2. The zero-order chi connectivity index (χ0) is 16.2. The molecule has 0 unspecified atom stereocenters. The van der Waals surface area contributed by atoms with E-state index in [1.807, 2.05) is 18.2 Å². The molecule has 1 heterocycles. The second-order valence-corrected chi connectivity index (χ2v) is 5.41. The molecule has 0 N–H and O–H groups in total. The Labute approximate surface area is 142 Å². The van der Waals surface area contributed by atoms with Crippen LogP contribution in [-0.4, -0.2) is 17.3 Å². The monoisotopic (exact) mass is 350 g/mol. The molecule has 1 aromatic heterocycles. The average molecular weight is 351 g/mol. The van der Waals surface area contributed by atoms with E-state index in [0.29, 0.717) is 38.9 Å². The average Bonchev–Trinajstić information content (AvgIpc) is 3.02. The lowest BCUT2D eigenvalue weighted by molar-refractivity contribution is 0.251. The summed E-state index contributed by atoms with van der Waals surface area (Å²) in [5.41, 5.74) is 0.618. The fourth-order valence-corrected chi connectivity index (χ4v) is 2.45. The van der Waals surface area contributed by atoms with Crippen molar-refractivity contribution in [3.8, 4) is 23.0 Å². The van der Waals surface area contributed by atoms with Crippen molar-refractivity contribution >= 4 is 23.2 Å². The van der Waals surface area contributed by atoms with Crippen LogP contribution in [0.2, 0.25) is 10.0 Å². The maximum absolute atomic E-state index is 6.13. The van der Waals surface area contributed by atoms with Gasteiger partial charge in [-0.2, -0.15) is 0 Å². The Morgan fingerprint density at radius 3 is 2.57 bits per heavy atom. The van der Waals surface area contributed by atoms with Crippen molar-refractivity contribution in [1.29, 1.82) is 0 Å². The number of para-hydroxylation sites is 2. The number of rotatable bonds is 5. The molecule has 0 bridgehead atoms. The maximum Gasteiger partial charge on any atom is 0.254 e. The molecule has 0 atom stereocenters. The minimum atomic E-state index is 0.124. The molecule has 0 saturated heterocycles. The van der Waals surface area contributed by atoms with E-state index in [-0.39, 0.29) is 6.61 Å². The van der Waals surface area contributed by atoms with Crippen LogP contribution < -0.4 is 9.47 Å². The van der Waals surface area contributed by atoms with Crippen molar-refractivity contribution < 1.29 is 13.9 Å². The van der Waals surface area contributed by atoms with Crippen molar-refractivity contribution in [2.24, 2.45) is 0 Å². The van der Waals surface area contributed by atoms with E-state index in [4.69, 9.17) is 37.1 Å². The van der Waals surface area contributed by atoms with Crippen LogP contribution in [0.25, 0.3) is 11.5 Å². The summed E-state index contributed by atoms with van der Waals surface area (Å²) >= 11 is 12.0. The van der Waals surface area contributed by atoms with Crippen LogP contribution in [0.1, 0.15) is 5.89 Å². The third kappa shape index (κ3) is 3.57. The summed E-state index contributed by atoms with van der Waals surface area (Å²) in [5, 5.41) is 8.91. The van der Waals surface area contributed by atoms with Gasteiger partial charge in [0.2, 0.25) is 5.89 Å². The Morgan fingerprint density at radius 1 is 1.04 bits per heavy atom. The highest BCUT2D eigenvalue weighted by atomic mass is 35.5. The highest BCUT2D eigenvalue weighted by molar-refractivity contribution is 6.36. The molecular weight excluding hydrogens is 339 g/mol. The van der Waals surface area contributed by atoms with E-state index in [1.165, 1.54) is 0 Å². The standard InChI is InChI=1S/C16H12Cl2N2O3/c1-21-13-4-2-3-5-14(13)22-9-15-19-20-16(23-15)11-7-6-10(17)8-12(11)18/h2-8H,9H2,1H3. The summed E-state index contributed by atoms with van der Waals surface area (Å²) < 4.78 is 16.4. The second kappa shape index (κ2) is 6.89. The first-order chi connectivity index (χ1) is 11.2. The Bertz CT molecular complexity index is 821. The number of methoxy groups -OCH3 is 1. The molecule has 0 radical (unpaired) electrons. The number of hydrogen-bond acceptors (Lipinski definition) is 5. The van der Waals surface area contributed by atoms with Crippen LogP contribution in [-0.2, 0) is 6.61 Å². The van der Waals surface area contributed by atoms with Crippen molar-refractivity contribution in [2.75, 3.05) is 7.11 Å². The number of aromatic nitrogens is 2. The fraction of sp³-hybridized carbons (Fsp3) is 0.125. The van der Waals surface area contributed by atoms with Crippen LogP contribution in [0.3, 0.4) is 0 Å². The predicted molar refractivity (Wildman–Crippen MR) is 87.1 cm³/mol. The zero-order valence-corrected chi connectivity index (χ0v) is 13.6. The van der Waals surface area contributed by atoms with Gasteiger partial charge in [-0.1, -0.05) is 35.3 Å². The van der Waals surface area contributed by atoms with Gasteiger partial charge in [0.15, 0.2) is 18.1 Å². The summed E-state index contributed by atoms with van der Waals surface area (Å²) in [6.45, 7) is 0.124. The Kier molecular flexibility index (Phi) is 4.69. The molecule has 118 valence electrons. The molecule has 0 aliphatic heterocycles. The topological polar surface area (TPSA) is 57.4 Å². The SMILES string of the molecule is COc1ccccc1OCc1nnc(-c2ccc(Cl)cc2Cl)o1. The van der Waals surface area contributed by atoms with Gasteiger partial charge in [-0.3, -0.25) is 0 Å². The molecule has 0 aliphatic rings. The molecule has 5 nitrogen and oxygen atoms in total. The fourth-order valence-electron chi connectivity index (χ4n) is 1.96. The van der Waals surface area contributed by atoms with Gasteiger partial charge in [0.25, 0.3) is 5.89 Å². The van der Waals surface area contributed by atoms with E-state index < -0.39 is 0 Å². The minimum absolute atomic E-state index is 0.124. The van der Waals surface area contributed by atoms with Crippen LogP contribution in [0.4, 0.5) is 0 Å². The van der Waals surface area contributed by atoms with Gasteiger partial charge in [-0.25, -0.2) is 0 Å². The summed E-state index contributed by atoms with van der Waals surface area (Å²) in [7, 11) is 1.58. The third-order valence-corrected chi connectivity index (χ3v) is 3.60. The number of hydrogen-bond donors (Lipinski definition) is 0. The number of nitrogens with zero attached hydrogens (tertiary/aromatic N) is 2. The molecule has 2 aromatic carbocycles. The van der Waals surface area contributed by atoms with Crippen molar-refractivity contribution in [3.63, 3.8) is 0 Å². The van der Waals surface area contributed by atoms with Crippen LogP contribution in [0.15, 0.2) is 46.9 Å². The smallest absolute Gasteiger partial charge is 0.254 e. The van der Waals surface area contributed by atoms with Gasteiger partial charge in [0, 0.05) is 5.02 Å². The molecule has 0 saturated carbocycles. The van der Waals surface area contributed by atoms with Crippen LogP contribution in [0.5, 0.6) is 11.5 Å². The number of halogens is 2.